The average Bonchev–Trinajstić information content (AvgIpc) is 3.15. The van der Waals surface area contributed by atoms with Crippen LogP contribution in [0.2, 0.25) is 0 Å². The zero-order chi connectivity index (χ0) is 21.1. The number of piperazine rings is 1. The Bertz CT molecular complexity index is 1020. The number of carbonyl (C=O) groups excluding carboxylic acids is 1. The van der Waals surface area contributed by atoms with Crippen molar-refractivity contribution < 1.29 is 4.79 Å². The minimum atomic E-state index is 0.0211. The number of nitrogens with one attached hydrogen (secondary N) is 1. The maximum Gasteiger partial charge on any atom is 0.257 e. The van der Waals surface area contributed by atoms with E-state index in [-0.39, 0.29) is 5.91 Å². The number of anilines is 2. The summed E-state index contributed by atoms with van der Waals surface area (Å²) in [7, 11) is 0. The molecule has 1 aliphatic heterocycles. The molecule has 4 rings (SSSR count). The molecule has 3 aromatic rings. The minimum absolute atomic E-state index is 0.0211. The van der Waals surface area contributed by atoms with Crippen LogP contribution in [0.4, 0.5) is 11.8 Å². The van der Waals surface area contributed by atoms with Gasteiger partial charge in [-0.25, -0.2) is 9.67 Å². The number of amides is 1. The van der Waals surface area contributed by atoms with Gasteiger partial charge in [0.15, 0.2) is 0 Å². The molecule has 1 N–H and O–H groups in total. The van der Waals surface area contributed by atoms with Gasteiger partial charge in [-0.1, -0.05) is 18.2 Å². The van der Waals surface area contributed by atoms with Crippen LogP contribution < -0.4 is 10.2 Å². The van der Waals surface area contributed by atoms with Gasteiger partial charge in [-0.2, -0.15) is 10.1 Å². The second kappa shape index (κ2) is 8.52. The van der Waals surface area contributed by atoms with Gasteiger partial charge in [-0.15, -0.1) is 0 Å². The van der Waals surface area contributed by atoms with Crippen molar-refractivity contribution in [3.63, 3.8) is 0 Å². The molecule has 3 heterocycles. The van der Waals surface area contributed by atoms with E-state index in [2.05, 4.69) is 25.3 Å². The topological polar surface area (TPSA) is 79.2 Å². The highest BCUT2D eigenvalue weighted by Gasteiger charge is 2.26. The predicted octanol–water partition coefficient (Wildman–Crippen LogP) is 2.67. The van der Waals surface area contributed by atoms with Crippen LogP contribution in [-0.4, -0.2) is 63.3 Å². The number of hydrogen-bond acceptors (Lipinski definition) is 6. The van der Waals surface area contributed by atoms with Crippen LogP contribution in [0.15, 0.2) is 42.6 Å². The molecule has 0 saturated carbocycles. The van der Waals surface area contributed by atoms with E-state index in [0.29, 0.717) is 37.7 Å². The summed E-state index contributed by atoms with van der Waals surface area (Å²) in [6.45, 7) is 9.42. The first-order chi connectivity index (χ1) is 14.6. The molecule has 1 aliphatic rings. The fraction of sp³-hybridized carbons (Fsp3) is 0.364. The molecule has 0 unspecified atom stereocenters. The Labute approximate surface area is 176 Å². The van der Waals surface area contributed by atoms with Gasteiger partial charge in [-0.05, 0) is 32.9 Å². The van der Waals surface area contributed by atoms with Crippen molar-refractivity contribution in [2.24, 2.45) is 0 Å². The van der Waals surface area contributed by atoms with E-state index >= 15 is 0 Å². The van der Waals surface area contributed by atoms with Crippen molar-refractivity contribution >= 4 is 17.7 Å². The number of carbonyl (C=O) groups is 1. The molecule has 0 aliphatic carbocycles. The van der Waals surface area contributed by atoms with Gasteiger partial charge in [0.2, 0.25) is 5.95 Å². The summed E-state index contributed by atoms with van der Waals surface area (Å²) in [5.74, 6) is 1.57. The third-order valence-electron chi connectivity index (χ3n) is 5.29. The lowest BCUT2D eigenvalue weighted by Gasteiger charge is -2.35. The fourth-order valence-electron chi connectivity index (χ4n) is 3.69. The zero-order valence-corrected chi connectivity index (χ0v) is 17.7. The number of para-hydroxylation sites is 1. The lowest BCUT2D eigenvalue weighted by atomic mass is 10.2. The Morgan fingerprint density at radius 2 is 1.80 bits per heavy atom. The van der Waals surface area contributed by atoms with Crippen molar-refractivity contribution in [3.8, 4) is 5.69 Å². The molecule has 1 saturated heterocycles. The van der Waals surface area contributed by atoms with Crippen molar-refractivity contribution in [2.45, 2.75) is 20.8 Å². The Morgan fingerprint density at radius 1 is 1.07 bits per heavy atom. The van der Waals surface area contributed by atoms with Crippen molar-refractivity contribution in [3.05, 3.63) is 59.5 Å². The number of aryl methyl sites for hydroxylation is 1. The smallest absolute Gasteiger partial charge is 0.257 e. The SMILES string of the molecule is CCNc1cc(C)nc(N2CCN(C(=O)c3cnn(-c4ccccc4)c3C)CC2)n1. The van der Waals surface area contributed by atoms with Crippen molar-refractivity contribution in [1.82, 2.24) is 24.6 Å². The molecule has 2 aromatic heterocycles. The first kappa shape index (κ1) is 19.9. The van der Waals surface area contributed by atoms with Gasteiger partial charge >= 0.3 is 0 Å². The molecule has 8 nitrogen and oxygen atoms in total. The van der Waals surface area contributed by atoms with Crippen LogP contribution in [0.3, 0.4) is 0 Å². The molecule has 0 bridgehead atoms. The van der Waals surface area contributed by atoms with Crippen LogP contribution >= 0.6 is 0 Å². The highest BCUT2D eigenvalue weighted by molar-refractivity contribution is 5.95. The highest BCUT2D eigenvalue weighted by atomic mass is 16.2. The third-order valence-corrected chi connectivity index (χ3v) is 5.29. The summed E-state index contributed by atoms with van der Waals surface area (Å²) < 4.78 is 1.81. The first-order valence-electron chi connectivity index (χ1n) is 10.3. The molecule has 8 heteroatoms. The molecule has 0 radical (unpaired) electrons. The van der Waals surface area contributed by atoms with E-state index < -0.39 is 0 Å². The zero-order valence-electron chi connectivity index (χ0n) is 17.7. The summed E-state index contributed by atoms with van der Waals surface area (Å²) in [5.41, 5.74) is 3.38. The summed E-state index contributed by atoms with van der Waals surface area (Å²) in [6.07, 6.45) is 1.67. The molecule has 156 valence electrons. The van der Waals surface area contributed by atoms with Crippen LogP contribution in [0.25, 0.3) is 5.69 Å². The monoisotopic (exact) mass is 405 g/mol. The Balaban J connectivity index is 1.45. The molecule has 30 heavy (non-hydrogen) atoms. The number of aromatic nitrogens is 4. The molecule has 1 fully saturated rings. The minimum Gasteiger partial charge on any atom is -0.370 e. The van der Waals surface area contributed by atoms with Gasteiger partial charge in [0.25, 0.3) is 5.91 Å². The summed E-state index contributed by atoms with van der Waals surface area (Å²) in [5, 5.41) is 7.68. The summed E-state index contributed by atoms with van der Waals surface area (Å²) >= 11 is 0. The molecule has 0 atom stereocenters. The molecule has 0 spiro atoms. The Kier molecular flexibility index (Phi) is 5.65. The second-order valence-corrected chi connectivity index (χ2v) is 7.40. The van der Waals surface area contributed by atoms with Gasteiger partial charge in [0, 0.05) is 44.5 Å². The normalized spacial score (nSPS) is 14.1. The van der Waals surface area contributed by atoms with Crippen LogP contribution in [0.1, 0.15) is 28.7 Å². The van der Waals surface area contributed by atoms with E-state index in [4.69, 9.17) is 0 Å². The maximum absolute atomic E-state index is 13.1. The van der Waals surface area contributed by atoms with Crippen LogP contribution in [0.5, 0.6) is 0 Å². The number of benzene rings is 1. The third kappa shape index (κ3) is 3.98. The van der Waals surface area contributed by atoms with Gasteiger partial charge in [0.05, 0.1) is 23.1 Å². The predicted molar refractivity (Wildman–Crippen MR) is 117 cm³/mol. The highest BCUT2D eigenvalue weighted by Crippen LogP contribution is 2.19. The first-order valence-corrected chi connectivity index (χ1v) is 10.3. The molecule has 1 amide bonds. The number of rotatable bonds is 5. The van der Waals surface area contributed by atoms with E-state index in [0.717, 1.165) is 29.4 Å². The van der Waals surface area contributed by atoms with Gasteiger partial charge in [0.1, 0.15) is 5.82 Å². The molecular weight excluding hydrogens is 378 g/mol. The Morgan fingerprint density at radius 3 is 2.50 bits per heavy atom. The van der Waals surface area contributed by atoms with E-state index in [1.807, 2.05) is 66.8 Å². The average molecular weight is 406 g/mol. The standard InChI is InChI=1S/C22H27N7O/c1-4-23-20-14-16(2)25-22(26-20)28-12-10-27(11-13-28)21(30)19-15-24-29(17(19)3)18-8-6-5-7-9-18/h5-9,14-15H,4,10-13H2,1-3H3,(H,23,25,26). The molecule has 1 aromatic carbocycles. The van der Waals surface area contributed by atoms with E-state index in [9.17, 15) is 4.79 Å². The Hall–Kier alpha value is -3.42. The van der Waals surface area contributed by atoms with Crippen molar-refractivity contribution in [1.29, 1.82) is 0 Å². The lowest BCUT2D eigenvalue weighted by molar-refractivity contribution is 0.0745. The summed E-state index contributed by atoms with van der Waals surface area (Å²) in [4.78, 5) is 26.3. The number of hydrogen-bond donors (Lipinski definition) is 1. The fourth-order valence-corrected chi connectivity index (χ4v) is 3.69. The van der Waals surface area contributed by atoms with Crippen molar-refractivity contribution in [2.75, 3.05) is 42.9 Å². The number of nitrogens with zero attached hydrogens (tertiary/aromatic N) is 6. The maximum atomic E-state index is 13.1. The van der Waals surface area contributed by atoms with E-state index in [1.165, 1.54) is 0 Å². The van der Waals surface area contributed by atoms with Gasteiger partial charge < -0.3 is 15.1 Å². The second-order valence-electron chi connectivity index (χ2n) is 7.40. The van der Waals surface area contributed by atoms with Crippen LogP contribution in [-0.2, 0) is 0 Å². The molecular formula is C22H27N7O. The summed E-state index contributed by atoms with van der Waals surface area (Å²) in [6, 6.07) is 11.8. The largest absolute Gasteiger partial charge is 0.370 e. The van der Waals surface area contributed by atoms with Crippen LogP contribution in [0, 0.1) is 13.8 Å². The quantitative estimate of drug-likeness (QED) is 0.703. The lowest BCUT2D eigenvalue weighted by Crippen LogP contribution is -2.49. The van der Waals surface area contributed by atoms with E-state index in [1.54, 1.807) is 6.20 Å². The van der Waals surface area contributed by atoms with Gasteiger partial charge in [-0.3, -0.25) is 4.79 Å².